The van der Waals surface area contributed by atoms with Crippen molar-refractivity contribution in [2.24, 2.45) is 11.8 Å². The Morgan fingerprint density at radius 2 is 2.00 bits per heavy atom. The van der Waals surface area contributed by atoms with Gasteiger partial charge in [-0.05, 0) is 25.7 Å². The molecule has 4 aliphatic rings. The number of nitrogens with zero attached hydrogens (tertiary/aromatic N) is 3. The molecule has 0 radical (unpaired) electrons. The second-order valence-electron chi connectivity index (χ2n) is 10.4. The van der Waals surface area contributed by atoms with Gasteiger partial charge in [-0.2, -0.15) is 0 Å². The minimum atomic E-state index is -0.717. The Balaban J connectivity index is 1.59. The molecule has 9 nitrogen and oxygen atoms in total. The second-order valence-corrected chi connectivity index (χ2v) is 13.1. The topological polar surface area (TPSA) is 99.6 Å². The molecule has 0 aromatic rings. The first-order valence-corrected chi connectivity index (χ1v) is 15.4. The number of alkyl halides is 1. The number of hydrogen-bond donors (Lipinski definition) is 1. The molecule has 4 saturated heterocycles. The van der Waals surface area contributed by atoms with Crippen molar-refractivity contribution in [3.63, 3.8) is 0 Å². The van der Waals surface area contributed by atoms with Crippen LogP contribution in [-0.4, -0.2) is 124 Å². The molecule has 0 aliphatic carbocycles. The lowest BCUT2D eigenvalue weighted by Gasteiger charge is -2.38. The van der Waals surface area contributed by atoms with E-state index < -0.39 is 22.6 Å². The van der Waals surface area contributed by atoms with E-state index in [-0.39, 0.29) is 47.6 Å². The van der Waals surface area contributed by atoms with Gasteiger partial charge < -0.3 is 24.4 Å². The molecule has 2 amide bonds. The highest BCUT2D eigenvalue weighted by Gasteiger charge is 2.76. The molecule has 0 aromatic heterocycles. The summed E-state index contributed by atoms with van der Waals surface area (Å²) in [4.78, 5) is 47.3. The predicted molar refractivity (Wildman–Crippen MR) is 150 cm³/mol. The number of halogens is 1. The van der Waals surface area contributed by atoms with E-state index in [1.54, 1.807) is 33.7 Å². The molecular formula is C27H40BrN3O6S. The monoisotopic (exact) mass is 613 g/mol. The van der Waals surface area contributed by atoms with Crippen LogP contribution in [0.5, 0.6) is 0 Å². The summed E-state index contributed by atoms with van der Waals surface area (Å²) in [5, 5.41) is 9.43. The fraction of sp³-hybridized carbons (Fsp3) is 0.741. The molecule has 4 aliphatic heterocycles. The summed E-state index contributed by atoms with van der Waals surface area (Å²) in [6.45, 7) is 12.7. The lowest BCUT2D eigenvalue weighted by molar-refractivity contribution is -0.154. The minimum absolute atomic E-state index is 0.00317. The van der Waals surface area contributed by atoms with Gasteiger partial charge in [-0.3, -0.25) is 19.3 Å². The number of aliphatic hydroxyl groups excluding tert-OH is 1. The Morgan fingerprint density at radius 1 is 1.24 bits per heavy atom. The maximum Gasteiger partial charge on any atom is 0.310 e. The number of fused-ring (bicyclic) bond motifs is 1. The van der Waals surface area contributed by atoms with Gasteiger partial charge in [-0.15, -0.1) is 24.9 Å². The number of amides is 2. The first-order chi connectivity index (χ1) is 18.4. The van der Waals surface area contributed by atoms with Gasteiger partial charge in [0.15, 0.2) is 0 Å². The molecule has 11 heteroatoms. The van der Waals surface area contributed by atoms with Crippen molar-refractivity contribution in [2.45, 2.75) is 46.5 Å². The van der Waals surface area contributed by atoms with Crippen LogP contribution in [0.15, 0.2) is 25.3 Å². The van der Waals surface area contributed by atoms with E-state index in [4.69, 9.17) is 9.47 Å². The van der Waals surface area contributed by atoms with Crippen LogP contribution >= 0.6 is 27.7 Å². The van der Waals surface area contributed by atoms with E-state index in [2.05, 4.69) is 34.0 Å². The van der Waals surface area contributed by atoms with E-state index >= 15 is 0 Å². The summed E-state index contributed by atoms with van der Waals surface area (Å²) < 4.78 is 10.4. The van der Waals surface area contributed by atoms with Crippen molar-refractivity contribution in [2.75, 3.05) is 65.7 Å². The summed E-state index contributed by atoms with van der Waals surface area (Å²) in [5.74, 6) is -1.87. The highest BCUT2D eigenvalue weighted by molar-refractivity contribution is 9.09. The van der Waals surface area contributed by atoms with Crippen LogP contribution in [0.2, 0.25) is 0 Å². The molecule has 1 N–H and O–H groups in total. The van der Waals surface area contributed by atoms with Gasteiger partial charge in [0.2, 0.25) is 11.8 Å². The third-order valence-corrected chi connectivity index (χ3v) is 11.3. The van der Waals surface area contributed by atoms with Crippen molar-refractivity contribution in [1.82, 2.24) is 14.7 Å². The van der Waals surface area contributed by atoms with Crippen LogP contribution in [0.25, 0.3) is 0 Å². The Kier molecular flexibility index (Phi) is 10.4. The highest BCUT2D eigenvalue weighted by Crippen LogP contribution is 2.68. The fourth-order valence-corrected chi connectivity index (χ4v) is 9.96. The molecule has 4 heterocycles. The molecule has 1 spiro atoms. The number of allylic oxidation sites excluding steroid dienone is 1. The summed E-state index contributed by atoms with van der Waals surface area (Å²) >= 11 is 5.38. The largest absolute Gasteiger partial charge is 0.465 e. The molecule has 6 atom stereocenters. The van der Waals surface area contributed by atoms with Crippen molar-refractivity contribution < 1.29 is 29.0 Å². The highest BCUT2D eigenvalue weighted by atomic mass is 79.9. The second kappa shape index (κ2) is 13.3. The predicted octanol–water partition coefficient (Wildman–Crippen LogP) is 1.69. The van der Waals surface area contributed by atoms with Crippen LogP contribution in [0.3, 0.4) is 0 Å². The maximum absolute atomic E-state index is 14.3. The quantitative estimate of drug-likeness (QED) is 0.137. The molecule has 3 unspecified atom stereocenters. The number of carbonyl (C=O) groups excluding carboxylic acids is 3. The molecule has 212 valence electrons. The summed E-state index contributed by atoms with van der Waals surface area (Å²) in [6.07, 6.45) is 5.93. The number of ether oxygens (including phenoxy) is 2. The van der Waals surface area contributed by atoms with Gasteiger partial charge in [0.25, 0.3) is 0 Å². The van der Waals surface area contributed by atoms with Gasteiger partial charge in [0.05, 0.1) is 36.4 Å². The standard InChI is InChI=1S/C27H40BrN3O6S/c1-3-5-6-15-37-26(35)20-21-24(33)31(9-7-14-32)23(27(21)18-19(28)22(20)38-27)25(34)30(8-4-2)11-10-29-12-16-36-17-13-29/h3-4,19-23,32H,1-2,5-18H2/t19?,20-,21-,22-,23?,27?/m0/s1. The van der Waals surface area contributed by atoms with Crippen molar-refractivity contribution in [3.05, 3.63) is 25.3 Å². The number of aliphatic hydroxyl groups is 1. The number of unbranched alkanes of at least 4 members (excludes halogenated alkanes) is 1. The Bertz CT molecular complexity index is 902. The average Bonchev–Trinajstić information content (AvgIpc) is 3.51. The Labute approximate surface area is 238 Å². The number of likely N-dealkylation sites (tertiary alicyclic amines) is 1. The van der Waals surface area contributed by atoms with Crippen LogP contribution in [0.4, 0.5) is 0 Å². The van der Waals surface area contributed by atoms with Crippen LogP contribution in [-0.2, 0) is 23.9 Å². The lowest BCUT2D eigenvalue weighted by atomic mass is 9.71. The van der Waals surface area contributed by atoms with Crippen molar-refractivity contribution in [1.29, 1.82) is 0 Å². The van der Waals surface area contributed by atoms with Crippen LogP contribution < -0.4 is 0 Å². The fourth-order valence-electron chi connectivity index (χ4n) is 6.36. The zero-order valence-electron chi connectivity index (χ0n) is 22.0. The average molecular weight is 615 g/mol. The molecule has 2 bridgehead atoms. The number of hydrogen-bond acceptors (Lipinski definition) is 8. The number of morpholine rings is 1. The molecular weight excluding hydrogens is 574 g/mol. The van der Waals surface area contributed by atoms with Crippen molar-refractivity contribution >= 4 is 45.5 Å². The summed E-state index contributed by atoms with van der Waals surface area (Å²) in [6, 6.07) is -0.704. The lowest BCUT2D eigenvalue weighted by Crippen LogP contribution is -2.56. The molecule has 0 saturated carbocycles. The maximum atomic E-state index is 14.3. The smallest absolute Gasteiger partial charge is 0.310 e. The normalized spacial score (nSPS) is 32.3. The number of esters is 1. The number of thioether (sulfide) groups is 1. The summed E-state index contributed by atoms with van der Waals surface area (Å²) in [5.41, 5.74) is 0. The third kappa shape index (κ3) is 5.73. The first kappa shape index (κ1) is 29.6. The van der Waals surface area contributed by atoms with Crippen molar-refractivity contribution in [3.8, 4) is 0 Å². The summed E-state index contributed by atoms with van der Waals surface area (Å²) in [7, 11) is 0. The first-order valence-electron chi connectivity index (χ1n) is 13.6. The van der Waals surface area contributed by atoms with E-state index in [1.165, 1.54) is 0 Å². The van der Waals surface area contributed by atoms with Gasteiger partial charge in [-0.1, -0.05) is 28.1 Å². The zero-order valence-corrected chi connectivity index (χ0v) is 24.4. The SMILES string of the molecule is C=CCCCOC(=O)[C@H]1[C@H]2C(=O)N(CCCO)C(C(=O)N(CC=C)CCN3CCOCC3)C23CC(Br)[C@@H]1S3. The molecule has 0 aromatic carbocycles. The molecule has 4 rings (SSSR count). The van der Waals surface area contributed by atoms with E-state index in [1.807, 2.05) is 0 Å². The van der Waals surface area contributed by atoms with Gasteiger partial charge in [0, 0.05) is 56.0 Å². The number of carbonyl (C=O) groups is 3. The zero-order chi connectivity index (χ0) is 27.3. The van der Waals surface area contributed by atoms with Gasteiger partial charge in [0.1, 0.15) is 6.04 Å². The van der Waals surface area contributed by atoms with Gasteiger partial charge in [-0.25, -0.2) is 0 Å². The molecule has 4 fully saturated rings. The van der Waals surface area contributed by atoms with E-state index in [0.717, 1.165) is 19.5 Å². The Hall–Kier alpha value is -1.40. The third-order valence-electron chi connectivity index (χ3n) is 8.10. The number of rotatable bonds is 14. The van der Waals surface area contributed by atoms with Crippen LogP contribution in [0.1, 0.15) is 25.7 Å². The van der Waals surface area contributed by atoms with Gasteiger partial charge >= 0.3 is 5.97 Å². The van der Waals surface area contributed by atoms with Crippen LogP contribution in [0, 0.1) is 11.8 Å². The minimum Gasteiger partial charge on any atom is -0.465 e. The van der Waals surface area contributed by atoms with E-state index in [0.29, 0.717) is 52.1 Å². The Morgan fingerprint density at radius 3 is 2.68 bits per heavy atom. The molecule has 38 heavy (non-hydrogen) atoms. The van der Waals surface area contributed by atoms with E-state index in [9.17, 15) is 19.5 Å².